The molecule has 1 saturated carbocycles. The van der Waals surface area contributed by atoms with Crippen LogP contribution in [0.2, 0.25) is 10.0 Å². The van der Waals surface area contributed by atoms with Gasteiger partial charge in [-0.15, -0.1) is 6.58 Å². The van der Waals surface area contributed by atoms with Gasteiger partial charge in [-0.3, -0.25) is 0 Å². The van der Waals surface area contributed by atoms with Gasteiger partial charge in [-0.2, -0.15) is 4.31 Å². The molecular formula is C12H14Cl2N2O2S. The number of nitrogens with zero attached hydrogens (tertiary/aromatic N) is 1. The van der Waals surface area contributed by atoms with E-state index in [4.69, 9.17) is 28.9 Å². The third kappa shape index (κ3) is 2.74. The number of benzene rings is 1. The summed E-state index contributed by atoms with van der Waals surface area (Å²) in [5.41, 5.74) is 5.76. The molecule has 0 heterocycles. The zero-order valence-electron chi connectivity index (χ0n) is 10.1. The summed E-state index contributed by atoms with van der Waals surface area (Å²) < 4.78 is 26.6. The molecule has 4 nitrogen and oxygen atoms in total. The molecule has 1 fully saturated rings. The number of hydrogen-bond acceptors (Lipinski definition) is 3. The van der Waals surface area contributed by atoms with Crippen LogP contribution in [0.25, 0.3) is 0 Å². The van der Waals surface area contributed by atoms with E-state index in [1.54, 1.807) is 6.08 Å². The molecule has 19 heavy (non-hydrogen) atoms. The van der Waals surface area contributed by atoms with E-state index in [1.165, 1.54) is 16.4 Å². The van der Waals surface area contributed by atoms with Crippen LogP contribution in [0.3, 0.4) is 0 Å². The van der Waals surface area contributed by atoms with Gasteiger partial charge in [-0.25, -0.2) is 8.42 Å². The van der Waals surface area contributed by atoms with Crippen LogP contribution in [0.5, 0.6) is 0 Å². The van der Waals surface area contributed by atoms with Gasteiger partial charge in [-0.1, -0.05) is 29.3 Å². The van der Waals surface area contributed by atoms with E-state index in [2.05, 4.69) is 6.58 Å². The van der Waals surface area contributed by atoms with E-state index in [0.29, 0.717) is 0 Å². The lowest BCUT2D eigenvalue weighted by molar-refractivity contribution is 0.436. The molecule has 0 unspecified atom stereocenters. The third-order valence-electron chi connectivity index (χ3n) is 2.94. The highest BCUT2D eigenvalue weighted by Gasteiger charge is 2.38. The SMILES string of the molecule is C=CCN(C1CC1)S(=O)(=O)c1ccc(Cl)c(N)c1Cl. The first-order valence-electron chi connectivity index (χ1n) is 5.75. The molecule has 1 aliphatic rings. The average Bonchev–Trinajstić information content (AvgIpc) is 3.16. The fraction of sp³-hybridized carbons (Fsp3) is 0.333. The molecule has 1 aromatic rings. The van der Waals surface area contributed by atoms with Crippen molar-refractivity contribution in [3.05, 3.63) is 34.8 Å². The van der Waals surface area contributed by atoms with Gasteiger partial charge in [0, 0.05) is 12.6 Å². The Kier molecular flexibility index (Phi) is 4.11. The van der Waals surface area contributed by atoms with Gasteiger partial charge in [0.1, 0.15) is 4.90 Å². The van der Waals surface area contributed by atoms with Crippen molar-refractivity contribution in [2.45, 2.75) is 23.8 Å². The van der Waals surface area contributed by atoms with E-state index in [0.717, 1.165) is 12.8 Å². The lowest BCUT2D eigenvalue weighted by Gasteiger charge is -2.21. The number of rotatable bonds is 5. The van der Waals surface area contributed by atoms with Crippen LogP contribution in [-0.4, -0.2) is 25.3 Å². The molecule has 0 spiro atoms. The standard InChI is InChI=1S/C12H14Cl2N2O2S/c1-2-7-16(8-3-4-8)19(17,18)10-6-5-9(13)12(15)11(10)14/h2,5-6,8H,1,3-4,7,15H2. The first-order valence-corrected chi connectivity index (χ1v) is 7.95. The summed E-state index contributed by atoms with van der Waals surface area (Å²) in [5, 5.41) is 0.216. The molecule has 2 N–H and O–H groups in total. The lowest BCUT2D eigenvalue weighted by Crippen LogP contribution is -2.33. The van der Waals surface area contributed by atoms with Crippen molar-refractivity contribution in [3.8, 4) is 0 Å². The Balaban J connectivity index is 2.49. The molecule has 0 amide bonds. The summed E-state index contributed by atoms with van der Waals surface area (Å²) in [7, 11) is -3.68. The predicted octanol–water partition coefficient (Wildman–Crippen LogP) is 2.91. The second-order valence-corrected chi connectivity index (χ2v) is 7.01. The van der Waals surface area contributed by atoms with Gasteiger partial charge in [0.25, 0.3) is 0 Å². The molecule has 0 saturated heterocycles. The second kappa shape index (κ2) is 5.32. The minimum absolute atomic E-state index is 0.00943. The molecule has 1 aromatic carbocycles. The van der Waals surface area contributed by atoms with E-state index in [9.17, 15) is 8.42 Å². The Morgan fingerprint density at radius 2 is 2.05 bits per heavy atom. The van der Waals surface area contributed by atoms with Crippen LogP contribution in [0.15, 0.2) is 29.7 Å². The van der Waals surface area contributed by atoms with Crippen molar-refractivity contribution >= 4 is 38.9 Å². The highest BCUT2D eigenvalue weighted by atomic mass is 35.5. The van der Waals surface area contributed by atoms with Crippen molar-refractivity contribution in [3.63, 3.8) is 0 Å². The highest BCUT2D eigenvalue weighted by molar-refractivity contribution is 7.89. The number of sulfonamides is 1. The van der Waals surface area contributed by atoms with Crippen LogP contribution < -0.4 is 5.73 Å². The second-order valence-electron chi connectivity index (χ2n) is 4.37. The van der Waals surface area contributed by atoms with Gasteiger partial charge >= 0.3 is 0 Å². The van der Waals surface area contributed by atoms with Gasteiger partial charge < -0.3 is 5.73 Å². The molecular weight excluding hydrogens is 307 g/mol. The first-order chi connectivity index (χ1) is 8.89. The molecule has 1 aliphatic carbocycles. The van der Waals surface area contributed by atoms with E-state index in [-0.39, 0.29) is 33.2 Å². The lowest BCUT2D eigenvalue weighted by atomic mass is 10.3. The number of nitrogen functional groups attached to an aromatic ring is 1. The van der Waals surface area contributed by atoms with Crippen molar-refractivity contribution in [2.24, 2.45) is 0 Å². The number of hydrogen-bond donors (Lipinski definition) is 1. The normalized spacial score (nSPS) is 15.7. The summed E-state index contributed by atoms with van der Waals surface area (Å²) in [6.07, 6.45) is 3.27. The van der Waals surface area contributed by atoms with Crippen molar-refractivity contribution < 1.29 is 8.42 Å². The number of anilines is 1. The Morgan fingerprint density at radius 1 is 1.42 bits per heavy atom. The van der Waals surface area contributed by atoms with Crippen LogP contribution in [0, 0.1) is 0 Å². The molecule has 0 atom stereocenters. The van der Waals surface area contributed by atoms with Crippen molar-refractivity contribution in [2.75, 3.05) is 12.3 Å². The van der Waals surface area contributed by atoms with E-state index in [1.807, 2.05) is 0 Å². The largest absolute Gasteiger partial charge is 0.396 e. The maximum atomic E-state index is 12.6. The van der Waals surface area contributed by atoms with Crippen LogP contribution in [0.4, 0.5) is 5.69 Å². The summed E-state index contributed by atoms with van der Waals surface area (Å²) in [5.74, 6) is 0. The monoisotopic (exact) mass is 320 g/mol. The molecule has 7 heteroatoms. The minimum atomic E-state index is -3.68. The Morgan fingerprint density at radius 3 is 2.58 bits per heavy atom. The molecule has 104 valence electrons. The van der Waals surface area contributed by atoms with E-state index < -0.39 is 10.0 Å². The zero-order chi connectivity index (χ0) is 14.2. The maximum Gasteiger partial charge on any atom is 0.245 e. The molecule has 0 bridgehead atoms. The van der Waals surface area contributed by atoms with Crippen LogP contribution in [-0.2, 0) is 10.0 Å². The smallest absolute Gasteiger partial charge is 0.245 e. The van der Waals surface area contributed by atoms with Crippen LogP contribution in [0.1, 0.15) is 12.8 Å². The van der Waals surface area contributed by atoms with Gasteiger partial charge in [-0.05, 0) is 25.0 Å². The summed E-state index contributed by atoms with van der Waals surface area (Å²) in [6, 6.07) is 2.85. The quantitative estimate of drug-likeness (QED) is 0.670. The third-order valence-corrected chi connectivity index (χ3v) is 5.75. The van der Waals surface area contributed by atoms with Gasteiger partial charge in [0.05, 0.1) is 15.7 Å². The summed E-state index contributed by atoms with van der Waals surface area (Å²) in [4.78, 5) is -0.00943. The fourth-order valence-corrected chi connectivity index (χ4v) is 4.21. The molecule has 0 radical (unpaired) electrons. The number of nitrogens with two attached hydrogens (primary N) is 1. The van der Waals surface area contributed by atoms with Gasteiger partial charge in [0.15, 0.2) is 0 Å². The Bertz CT molecular complexity index is 612. The summed E-state index contributed by atoms with van der Waals surface area (Å²) in [6.45, 7) is 3.84. The van der Waals surface area contributed by atoms with Crippen LogP contribution >= 0.6 is 23.2 Å². The molecule has 0 aromatic heterocycles. The predicted molar refractivity (Wildman–Crippen MR) is 78.0 cm³/mol. The molecule has 0 aliphatic heterocycles. The zero-order valence-corrected chi connectivity index (χ0v) is 12.5. The minimum Gasteiger partial charge on any atom is -0.396 e. The topological polar surface area (TPSA) is 63.4 Å². The first kappa shape index (κ1) is 14.7. The van der Waals surface area contributed by atoms with Gasteiger partial charge in [0.2, 0.25) is 10.0 Å². The number of halogens is 2. The Labute approximate surface area is 122 Å². The fourth-order valence-electron chi connectivity index (χ4n) is 1.81. The van der Waals surface area contributed by atoms with Crippen molar-refractivity contribution in [1.82, 2.24) is 4.31 Å². The van der Waals surface area contributed by atoms with Crippen molar-refractivity contribution in [1.29, 1.82) is 0 Å². The highest BCUT2D eigenvalue weighted by Crippen LogP contribution is 2.38. The summed E-state index contributed by atoms with van der Waals surface area (Å²) >= 11 is 11.8. The molecule has 2 rings (SSSR count). The Hall–Kier alpha value is -0.750. The van der Waals surface area contributed by atoms with E-state index >= 15 is 0 Å². The maximum absolute atomic E-state index is 12.6. The average molecular weight is 321 g/mol.